The third-order valence-corrected chi connectivity index (χ3v) is 5.25. The van der Waals surface area contributed by atoms with Gasteiger partial charge in [0.2, 0.25) is 0 Å². The second-order valence-corrected chi connectivity index (χ2v) is 8.99. The minimum atomic E-state index is -1.75. The lowest BCUT2D eigenvalue weighted by Crippen LogP contribution is -2.57. The fourth-order valence-corrected chi connectivity index (χ4v) is 3.85. The zero-order valence-electron chi connectivity index (χ0n) is 20.0. The molecule has 0 saturated heterocycles. The number of anilines is 1. The second kappa shape index (κ2) is 10.4. The maximum atomic E-state index is 13.7. The average molecular weight is 455 g/mol. The van der Waals surface area contributed by atoms with Gasteiger partial charge in [-0.2, -0.15) is 0 Å². The highest BCUT2D eigenvalue weighted by Gasteiger charge is 2.51. The summed E-state index contributed by atoms with van der Waals surface area (Å²) in [7, 11) is 0. The Balaban J connectivity index is 2.82. The smallest absolute Gasteiger partial charge is 0.416 e. The number of guanidine groups is 1. The molecule has 178 valence electrons. The Morgan fingerprint density at radius 1 is 1.00 bits per heavy atom. The second-order valence-electron chi connectivity index (χ2n) is 8.99. The Bertz CT molecular complexity index is 1030. The molecule has 1 atom stereocenters. The highest BCUT2D eigenvalue weighted by molar-refractivity contribution is 6.00. The summed E-state index contributed by atoms with van der Waals surface area (Å²) in [6.45, 7) is 9.12. The lowest BCUT2D eigenvalue weighted by molar-refractivity contribution is -0.144. The summed E-state index contributed by atoms with van der Waals surface area (Å²) in [5.74, 6) is -1.25. The largest absolute Gasteiger partial charge is 0.479 e. The molecular weight excluding hydrogens is 420 g/mol. The van der Waals surface area contributed by atoms with E-state index in [0.717, 1.165) is 11.1 Å². The number of aliphatic carboxylic acids is 1. The van der Waals surface area contributed by atoms with Gasteiger partial charge in [-0.1, -0.05) is 42.5 Å². The van der Waals surface area contributed by atoms with Crippen LogP contribution in [0.5, 0.6) is 0 Å². The maximum Gasteiger partial charge on any atom is 0.416 e. The molecule has 0 spiro atoms. The van der Waals surface area contributed by atoms with Gasteiger partial charge in [0.05, 0.1) is 5.69 Å². The summed E-state index contributed by atoms with van der Waals surface area (Å²) in [4.78, 5) is 32.1. The number of hydrogen-bond acceptors (Lipinski definition) is 4. The van der Waals surface area contributed by atoms with E-state index >= 15 is 0 Å². The van der Waals surface area contributed by atoms with Crippen LogP contribution in [0.15, 0.2) is 53.5 Å². The maximum absolute atomic E-state index is 13.7. The summed E-state index contributed by atoms with van der Waals surface area (Å²) in [5, 5.41) is 10.7. The highest BCUT2D eigenvalue weighted by Crippen LogP contribution is 2.41. The third kappa shape index (κ3) is 6.03. The van der Waals surface area contributed by atoms with Gasteiger partial charge >= 0.3 is 12.1 Å². The predicted octanol–water partition coefficient (Wildman–Crippen LogP) is 4.08. The SMILES string of the molecule is Cc1ccccc1N(C(=O)OC(C)(C)C)[C@@](CCCN=C(N)N)(C(=O)O)c1ccccc1C. The fourth-order valence-electron chi connectivity index (χ4n) is 3.85. The van der Waals surface area contributed by atoms with Crippen LogP contribution >= 0.6 is 0 Å². The predicted molar refractivity (Wildman–Crippen MR) is 130 cm³/mol. The molecule has 2 aromatic carbocycles. The Labute approximate surface area is 195 Å². The summed E-state index contributed by atoms with van der Waals surface area (Å²) in [5.41, 5.74) is 10.8. The number of rotatable bonds is 8. The molecule has 0 aliphatic heterocycles. The number of carbonyl (C=O) groups is 2. The first-order valence-corrected chi connectivity index (χ1v) is 10.8. The van der Waals surface area contributed by atoms with Gasteiger partial charge in [0.1, 0.15) is 5.60 Å². The van der Waals surface area contributed by atoms with Crippen LogP contribution in [0.4, 0.5) is 10.5 Å². The molecule has 0 unspecified atom stereocenters. The first-order chi connectivity index (χ1) is 15.4. The molecule has 33 heavy (non-hydrogen) atoms. The molecule has 0 saturated carbocycles. The van der Waals surface area contributed by atoms with E-state index in [0.29, 0.717) is 17.7 Å². The lowest BCUT2D eigenvalue weighted by atomic mass is 9.80. The van der Waals surface area contributed by atoms with Crippen molar-refractivity contribution in [1.29, 1.82) is 0 Å². The zero-order valence-corrected chi connectivity index (χ0v) is 20.0. The summed E-state index contributed by atoms with van der Waals surface area (Å²) in [6, 6.07) is 14.3. The van der Waals surface area contributed by atoms with Crippen LogP contribution in [0.1, 0.15) is 50.3 Å². The van der Waals surface area contributed by atoms with E-state index in [1.54, 1.807) is 45.0 Å². The molecule has 0 aromatic heterocycles. The van der Waals surface area contributed by atoms with Crippen molar-refractivity contribution in [3.63, 3.8) is 0 Å². The van der Waals surface area contributed by atoms with Crippen LogP contribution in [-0.2, 0) is 15.1 Å². The standard InChI is InChI=1S/C25H34N4O4/c1-17-11-6-8-13-19(17)25(21(30)31,15-10-16-28-22(26)27)29(23(32)33-24(3,4)5)20-14-9-7-12-18(20)2/h6-9,11-14H,10,15-16H2,1-5H3,(H,30,31)(H4,26,27,28)/t25-/m1/s1. The Morgan fingerprint density at radius 2 is 1.58 bits per heavy atom. The van der Waals surface area contributed by atoms with Gasteiger partial charge in [-0.05, 0) is 70.2 Å². The number of carboxylic acids is 1. The quantitative estimate of drug-likeness (QED) is 0.313. The number of carboxylic acid groups (broad SMARTS) is 1. The Kier molecular flexibility index (Phi) is 8.08. The number of para-hydroxylation sites is 1. The molecule has 0 heterocycles. The number of benzene rings is 2. The molecule has 8 heteroatoms. The molecule has 2 aromatic rings. The van der Waals surface area contributed by atoms with Crippen LogP contribution in [-0.4, -0.2) is 35.3 Å². The van der Waals surface area contributed by atoms with Crippen molar-refractivity contribution in [2.75, 3.05) is 11.4 Å². The molecule has 5 N–H and O–H groups in total. The monoisotopic (exact) mass is 454 g/mol. The minimum Gasteiger partial charge on any atom is -0.479 e. The Morgan fingerprint density at radius 3 is 2.09 bits per heavy atom. The number of amides is 1. The molecule has 0 bridgehead atoms. The number of nitrogens with zero attached hydrogens (tertiary/aromatic N) is 2. The van der Waals surface area contributed by atoms with Gasteiger partial charge < -0.3 is 21.3 Å². The van der Waals surface area contributed by atoms with Crippen LogP contribution in [0.2, 0.25) is 0 Å². The third-order valence-electron chi connectivity index (χ3n) is 5.25. The minimum absolute atomic E-state index is 0.0670. The van der Waals surface area contributed by atoms with Gasteiger partial charge in [0, 0.05) is 6.54 Å². The van der Waals surface area contributed by atoms with Crippen molar-refractivity contribution in [2.24, 2.45) is 16.5 Å². The van der Waals surface area contributed by atoms with Gasteiger partial charge in [-0.15, -0.1) is 0 Å². The molecule has 0 radical (unpaired) electrons. The van der Waals surface area contributed by atoms with E-state index in [4.69, 9.17) is 16.2 Å². The van der Waals surface area contributed by atoms with Gasteiger partial charge in [0.15, 0.2) is 11.5 Å². The summed E-state index contributed by atoms with van der Waals surface area (Å²) in [6.07, 6.45) is -0.356. The lowest BCUT2D eigenvalue weighted by Gasteiger charge is -2.42. The Hall–Kier alpha value is -3.55. The van der Waals surface area contributed by atoms with Crippen molar-refractivity contribution >= 4 is 23.7 Å². The molecular formula is C25H34N4O4. The molecule has 0 aliphatic carbocycles. The van der Waals surface area contributed by atoms with E-state index in [1.165, 1.54) is 4.90 Å². The number of nitrogens with two attached hydrogens (primary N) is 2. The molecule has 8 nitrogen and oxygen atoms in total. The molecule has 1 amide bonds. The van der Waals surface area contributed by atoms with E-state index in [9.17, 15) is 14.7 Å². The van der Waals surface area contributed by atoms with E-state index in [1.807, 2.05) is 38.1 Å². The first kappa shape index (κ1) is 25.7. The molecule has 0 aliphatic rings. The van der Waals surface area contributed by atoms with Crippen LogP contribution in [0.3, 0.4) is 0 Å². The number of hydrogen-bond donors (Lipinski definition) is 3. The van der Waals surface area contributed by atoms with Crippen molar-refractivity contribution in [3.8, 4) is 0 Å². The fraction of sp³-hybridized carbons (Fsp3) is 0.400. The summed E-state index contributed by atoms with van der Waals surface area (Å²) < 4.78 is 5.73. The van der Waals surface area contributed by atoms with Gasteiger partial charge in [0.25, 0.3) is 0 Å². The number of carbonyl (C=O) groups excluding carboxylic acids is 1. The number of aliphatic imine (C=N–C) groups is 1. The molecule has 0 fully saturated rings. The zero-order chi connectivity index (χ0) is 24.8. The van der Waals surface area contributed by atoms with Crippen molar-refractivity contribution < 1.29 is 19.4 Å². The first-order valence-electron chi connectivity index (χ1n) is 10.8. The topological polar surface area (TPSA) is 131 Å². The van der Waals surface area contributed by atoms with Crippen molar-refractivity contribution in [3.05, 3.63) is 65.2 Å². The number of aryl methyl sites for hydroxylation is 2. The van der Waals surface area contributed by atoms with Crippen LogP contribution < -0.4 is 16.4 Å². The highest BCUT2D eigenvalue weighted by atomic mass is 16.6. The van der Waals surface area contributed by atoms with E-state index in [-0.39, 0.29) is 18.9 Å². The number of ether oxygens (including phenoxy) is 1. The normalized spacial score (nSPS) is 13.0. The van der Waals surface area contributed by atoms with Crippen molar-refractivity contribution in [1.82, 2.24) is 0 Å². The van der Waals surface area contributed by atoms with E-state index < -0.39 is 23.2 Å². The van der Waals surface area contributed by atoms with Crippen LogP contribution in [0, 0.1) is 13.8 Å². The van der Waals surface area contributed by atoms with Crippen molar-refractivity contribution in [2.45, 2.75) is 58.6 Å². The van der Waals surface area contributed by atoms with Gasteiger partial charge in [-0.3, -0.25) is 9.89 Å². The van der Waals surface area contributed by atoms with E-state index in [2.05, 4.69) is 4.99 Å². The van der Waals surface area contributed by atoms with Gasteiger partial charge in [-0.25, -0.2) is 9.59 Å². The average Bonchev–Trinajstić information content (AvgIpc) is 2.70. The summed E-state index contributed by atoms with van der Waals surface area (Å²) >= 11 is 0. The molecule has 2 rings (SSSR count). The van der Waals surface area contributed by atoms with Crippen LogP contribution in [0.25, 0.3) is 0 Å².